The molecular formula is C22H27N3O2S. The van der Waals surface area contributed by atoms with Crippen LogP contribution in [0.15, 0.2) is 40.0 Å². The quantitative estimate of drug-likeness (QED) is 0.727. The van der Waals surface area contributed by atoms with Crippen LogP contribution in [0.1, 0.15) is 62.9 Å². The number of nitrogens with zero attached hydrogens (tertiary/aromatic N) is 2. The van der Waals surface area contributed by atoms with Crippen molar-refractivity contribution in [2.75, 3.05) is 5.75 Å². The maximum Gasteiger partial charge on any atom is 0.277 e. The van der Waals surface area contributed by atoms with Gasteiger partial charge in [0.25, 0.3) is 5.22 Å². The zero-order valence-electron chi connectivity index (χ0n) is 16.3. The van der Waals surface area contributed by atoms with Gasteiger partial charge in [0.05, 0.1) is 11.8 Å². The van der Waals surface area contributed by atoms with E-state index < -0.39 is 0 Å². The fourth-order valence-corrected chi connectivity index (χ4v) is 6.66. The van der Waals surface area contributed by atoms with Gasteiger partial charge in [0.2, 0.25) is 11.8 Å². The highest BCUT2D eigenvalue weighted by Crippen LogP contribution is 2.60. The van der Waals surface area contributed by atoms with Crippen LogP contribution in [0.5, 0.6) is 0 Å². The number of hydrogen-bond acceptors (Lipinski definition) is 5. The van der Waals surface area contributed by atoms with Crippen LogP contribution in [-0.4, -0.2) is 21.9 Å². The van der Waals surface area contributed by atoms with Crippen LogP contribution < -0.4 is 5.32 Å². The molecule has 1 amide bonds. The second-order valence-electron chi connectivity index (χ2n) is 9.06. The summed E-state index contributed by atoms with van der Waals surface area (Å²) in [6, 6.07) is 9.97. The van der Waals surface area contributed by atoms with Gasteiger partial charge >= 0.3 is 0 Å². The van der Waals surface area contributed by atoms with Gasteiger partial charge in [-0.25, -0.2) is 0 Å². The lowest BCUT2D eigenvalue weighted by Crippen LogP contribution is -2.48. The minimum Gasteiger partial charge on any atom is -0.415 e. The van der Waals surface area contributed by atoms with Crippen molar-refractivity contribution < 1.29 is 9.21 Å². The number of nitrogens with one attached hydrogen (secondary N) is 1. The van der Waals surface area contributed by atoms with Crippen LogP contribution in [0.4, 0.5) is 0 Å². The van der Waals surface area contributed by atoms with E-state index in [2.05, 4.69) is 15.5 Å². The van der Waals surface area contributed by atoms with Crippen LogP contribution in [0.25, 0.3) is 0 Å². The van der Waals surface area contributed by atoms with Gasteiger partial charge in [-0.05, 0) is 68.8 Å². The van der Waals surface area contributed by atoms with Crippen LogP contribution in [-0.2, 0) is 10.2 Å². The molecule has 148 valence electrons. The Morgan fingerprint density at radius 1 is 1.14 bits per heavy atom. The van der Waals surface area contributed by atoms with E-state index in [1.807, 2.05) is 37.3 Å². The van der Waals surface area contributed by atoms with E-state index in [0.717, 1.165) is 29.2 Å². The van der Waals surface area contributed by atoms with Crippen molar-refractivity contribution in [3.8, 4) is 0 Å². The first kappa shape index (κ1) is 18.2. The first-order chi connectivity index (χ1) is 13.6. The van der Waals surface area contributed by atoms with Crippen molar-refractivity contribution in [2.45, 2.75) is 62.1 Å². The summed E-state index contributed by atoms with van der Waals surface area (Å²) in [6.45, 7) is 2.00. The Hall–Kier alpha value is -1.82. The molecule has 1 aromatic carbocycles. The monoisotopic (exact) mass is 397 g/mol. The molecule has 4 aliphatic carbocycles. The minimum atomic E-state index is -0.0177. The van der Waals surface area contributed by atoms with Crippen molar-refractivity contribution in [3.05, 3.63) is 41.8 Å². The molecule has 1 aromatic heterocycles. The van der Waals surface area contributed by atoms with E-state index in [-0.39, 0.29) is 17.4 Å². The van der Waals surface area contributed by atoms with Gasteiger partial charge in [0.1, 0.15) is 0 Å². The van der Waals surface area contributed by atoms with Crippen LogP contribution >= 0.6 is 11.8 Å². The molecule has 1 heterocycles. The molecule has 4 fully saturated rings. The molecular weight excluding hydrogens is 370 g/mol. The maximum absolute atomic E-state index is 12.3. The first-order valence-electron chi connectivity index (χ1n) is 10.4. The van der Waals surface area contributed by atoms with Gasteiger partial charge in [0, 0.05) is 5.41 Å². The molecule has 6 heteroatoms. The maximum atomic E-state index is 12.3. The Bertz CT molecular complexity index is 815. The lowest BCUT2D eigenvalue weighted by atomic mass is 9.49. The average Bonchev–Trinajstić information content (AvgIpc) is 3.16. The highest BCUT2D eigenvalue weighted by Gasteiger charge is 2.54. The molecule has 5 nitrogen and oxygen atoms in total. The number of amides is 1. The van der Waals surface area contributed by atoms with Gasteiger partial charge in [-0.15, -0.1) is 10.2 Å². The van der Waals surface area contributed by atoms with Crippen molar-refractivity contribution >= 4 is 17.7 Å². The van der Waals surface area contributed by atoms with Crippen LogP contribution in [0.2, 0.25) is 0 Å². The van der Waals surface area contributed by atoms with E-state index in [1.165, 1.54) is 50.3 Å². The number of benzene rings is 1. The third kappa shape index (κ3) is 3.47. The Balaban J connectivity index is 1.19. The van der Waals surface area contributed by atoms with Gasteiger partial charge in [-0.3, -0.25) is 4.79 Å². The van der Waals surface area contributed by atoms with E-state index >= 15 is 0 Å². The first-order valence-corrected chi connectivity index (χ1v) is 11.4. The Kier molecular flexibility index (Phi) is 4.69. The second-order valence-corrected chi connectivity index (χ2v) is 9.99. The summed E-state index contributed by atoms with van der Waals surface area (Å²) >= 11 is 1.34. The summed E-state index contributed by atoms with van der Waals surface area (Å²) < 4.78 is 6.07. The smallest absolute Gasteiger partial charge is 0.277 e. The SMILES string of the molecule is C[C@H](NC(=O)CSc1nnc(C23CC4CC(CC(C4)C2)C3)o1)c1ccccc1. The third-order valence-corrected chi connectivity index (χ3v) is 7.72. The number of aromatic nitrogens is 2. The molecule has 2 aromatic rings. The third-order valence-electron chi connectivity index (χ3n) is 6.90. The fraction of sp³-hybridized carbons (Fsp3) is 0.591. The summed E-state index contributed by atoms with van der Waals surface area (Å²) in [5, 5.41) is 12.2. The van der Waals surface area contributed by atoms with Crippen molar-refractivity contribution in [1.29, 1.82) is 0 Å². The largest absolute Gasteiger partial charge is 0.415 e. The predicted molar refractivity (Wildman–Crippen MR) is 108 cm³/mol. The lowest BCUT2D eigenvalue weighted by molar-refractivity contribution is -0.119. The summed E-state index contributed by atoms with van der Waals surface area (Å²) in [7, 11) is 0. The topological polar surface area (TPSA) is 68.0 Å². The van der Waals surface area contributed by atoms with E-state index in [4.69, 9.17) is 4.42 Å². The molecule has 1 N–H and O–H groups in total. The summed E-state index contributed by atoms with van der Waals surface area (Å²) in [5.74, 6) is 3.64. The van der Waals surface area contributed by atoms with Crippen LogP contribution in [0, 0.1) is 17.8 Å². The van der Waals surface area contributed by atoms with Gasteiger partial charge in [-0.1, -0.05) is 42.1 Å². The van der Waals surface area contributed by atoms with E-state index in [9.17, 15) is 4.79 Å². The van der Waals surface area contributed by atoms with Crippen molar-refractivity contribution in [1.82, 2.24) is 15.5 Å². The number of thioether (sulfide) groups is 1. The van der Waals surface area contributed by atoms with Crippen molar-refractivity contribution in [3.63, 3.8) is 0 Å². The molecule has 4 saturated carbocycles. The number of rotatable bonds is 6. The summed E-state index contributed by atoms with van der Waals surface area (Å²) in [4.78, 5) is 12.3. The van der Waals surface area contributed by atoms with Crippen molar-refractivity contribution in [2.24, 2.45) is 17.8 Å². The molecule has 1 atom stereocenters. The normalized spacial score (nSPS) is 31.7. The molecule has 0 aliphatic heterocycles. The summed E-state index contributed by atoms with van der Waals surface area (Å²) in [5.41, 5.74) is 1.22. The zero-order chi connectivity index (χ0) is 19.1. The Morgan fingerprint density at radius 2 is 1.79 bits per heavy atom. The number of carbonyl (C=O) groups excluding carboxylic acids is 1. The Labute approximate surface area is 170 Å². The highest BCUT2D eigenvalue weighted by molar-refractivity contribution is 7.99. The molecule has 28 heavy (non-hydrogen) atoms. The molecule has 0 unspecified atom stereocenters. The standard InChI is InChI=1S/C22H27N3O2S/c1-14(18-5-3-2-4-6-18)23-19(26)13-28-21-25-24-20(27-21)22-10-15-7-16(11-22)9-17(8-15)12-22/h2-6,14-17H,7-13H2,1H3,(H,23,26)/t14-,15?,16?,17?,22?/m0/s1. The Morgan fingerprint density at radius 3 is 2.43 bits per heavy atom. The molecule has 0 spiro atoms. The fourth-order valence-electron chi connectivity index (χ4n) is 6.09. The molecule has 6 rings (SSSR count). The number of carbonyl (C=O) groups is 1. The average molecular weight is 398 g/mol. The molecule has 4 aliphatic rings. The lowest BCUT2D eigenvalue weighted by Gasteiger charge is -2.55. The predicted octanol–water partition coefficient (Wildman–Crippen LogP) is 4.51. The molecule has 0 radical (unpaired) electrons. The van der Waals surface area contributed by atoms with Gasteiger partial charge in [-0.2, -0.15) is 0 Å². The number of hydrogen-bond donors (Lipinski definition) is 1. The molecule has 4 bridgehead atoms. The highest BCUT2D eigenvalue weighted by atomic mass is 32.2. The second kappa shape index (κ2) is 7.21. The van der Waals surface area contributed by atoms with Gasteiger partial charge in [0.15, 0.2) is 0 Å². The van der Waals surface area contributed by atoms with Gasteiger partial charge < -0.3 is 9.73 Å². The molecule has 0 saturated heterocycles. The summed E-state index contributed by atoms with van der Waals surface area (Å²) in [6.07, 6.45) is 7.82. The van der Waals surface area contributed by atoms with Crippen LogP contribution in [0.3, 0.4) is 0 Å². The van der Waals surface area contributed by atoms with E-state index in [1.54, 1.807) is 0 Å². The minimum absolute atomic E-state index is 0.0143. The zero-order valence-corrected chi connectivity index (χ0v) is 17.1. The van der Waals surface area contributed by atoms with E-state index in [0.29, 0.717) is 11.0 Å².